The average molecular weight is 237 g/mol. The highest BCUT2D eigenvalue weighted by Crippen LogP contribution is 2.08. The van der Waals surface area contributed by atoms with Gasteiger partial charge in [-0.2, -0.15) is 0 Å². The third kappa shape index (κ3) is 4.69. The first-order valence-corrected chi connectivity index (χ1v) is 6.36. The highest BCUT2D eigenvalue weighted by atomic mass is 32.2. The molecule has 0 aliphatic heterocycles. The quantitative estimate of drug-likeness (QED) is 0.603. The predicted octanol–water partition coefficient (Wildman–Crippen LogP) is 2.59. The Morgan fingerprint density at radius 1 is 1.50 bits per heavy atom. The smallest absolute Gasteiger partial charge is 0.126 e. The van der Waals surface area contributed by atoms with Gasteiger partial charge in [0.25, 0.3) is 0 Å². The molecule has 0 heterocycles. The lowest BCUT2D eigenvalue weighted by Gasteiger charge is -2.05. The summed E-state index contributed by atoms with van der Waals surface area (Å²) in [4.78, 5) is 0. The molecule has 0 saturated heterocycles. The third-order valence-electron chi connectivity index (χ3n) is 2.17. The molecular weight excluding hydrogens is 221 g/mol. The lowest BCUT2D eigenvalue weighted by atomic mass is 10.1. The number of rotatable bonds is 6. The van der Waals surface area contributed by atoms with Gasteiger partial charge in [0.15, 0.2) is 0 Å². The van der Waals surface area contributed by atoms with Gasteiger partial charge in [0.1, 0.15) is 5.82 Å². The molecule has 1 aromatic carbocycles. The molecule has 0 aliphatic carbocycles. The van der Waals surface area contributed by atoms with Crippen LogP contribution in [0.4, 0.5) is 4.39 Å². The molecule has 0 aromatic heterocycles. The first-order chi connectivity index (χ1) is 7.74. The van der Waals surface area contributed by atoms with E-state index in [1.54, 1.807) is 30.8 Å². The number of aryl methyl sites for hydroxylation is 1. The lowest BCUT2D eigenvalue weighted by Crippen LogP contribution is -2.16. The molecule has 0 atom stereocenters. The maximum atomic E-state index is 13.2. The van der Waals surface area contributed by atoms with Crippen LogP contribution in [0.3, 0.4) is 0 Å². The van der Waals surface area contributed by atoms with Crippen LogP contribution >= 0.6 is 11.8 Å². The summed E-state index contributed by atoms with van der Waals surface area (Å²) in [6, 6.07) is 5.33. The minimum Gasteiger partial charge on any atom is -0.312 e. The normalized spacial score (nSPS) is 10.1. The van der Waals surface area contributed by atoms with Gasteiger partial charge in [-0.15, -0.1) is 18.2 Å². The summed E-state index contributed by atoms with van der Waals surface area (Å²) in [7, 11) is 0. The maximum Gasteiger partial charge on any atom is 0.126 e. The molecule has 0 fully saturated rings. The van der Waals surface area contributed by atoms with E-state index >= 15 is 0 Å². The zero-order valence-corrected chi connectivity index (χ0v) is 10.2. The van der Waals surface area contributed by atoms with E-state index in [1.165, 1.54) is 0 Å². The zero-order valence-electron chi connectivity index (χ0n) is 9.42. The van der Waals surface area contributed by atoms with Crippen molar-refractivity contribution in [1.82, 2.24) is 5.32 Å². The molecule has 0 amide bonds. The highest BCUT2D eigenvalue weighted by molar-refractivity contribution is 7.99. The Balaban J connectivity index is 2.22. The fourth-order valence-corrected chi connectivity index (χ4v) is 1.81. The third-order valence-corrected chi connectivity index (χ3v) is 3.04. The van der Waals surface area contributed by atoms with Gasteiger partial charge in [-0.25, -0.2) is 4.39 Å². The first kappa shape index (κ1) is 13.1. The van der Waals surface area contributed by atoms with Gasteiger partial charge >= 0.3 is 0 Å². The van der Waals surface area contributed by atoms with Crippen LogP contribution in [0, 0.1) is 25.1 Å². The number of thioether (sulfide) groups is 1. The molecule has 0 spiro atoms. The monoisotopic (exact) mass is 237 g/mol. The number of hydrogen-bond acceptors (Lipinski definition) is 2. The van der Waals surface area contributed by atoms with E-state index in [-0.39, 0.29) is 5.82 Å². The van der Waals surface area contributed by atoms with Crippen molar-refractivity contribution < 1.29 is 4.39 Å². The summed E-state index contributed by atoms with van der Waals surface area (Å²) in [6.45, 7) is 3.36. The van der Waals surface area contributed by atoms with Gasteiger partial charge in [0.05, 0.1) is 5.75 Å². The summed E-state index contributed by atoms with van der Waals surface area (Å²) >= 11 is 1.72. The largest absolute Gasteiger partial charge is 0.312 e. The van der Waals surface area contributed by atoms with Crippen molar-refractivity contribution in [3.63, 3.8) is 0 Å². The van der Waals surface area contributed by atoms with Crippen molar-refractivity contribution in [3.8, 4) is 12.3 Å². The van der Waals surface area contributed by atoms with Crippen molar-refractivity contribution in [3.05, 3.63) is 35.1 Å². The number of hydrogen-bond donors (Lipinski definition) is 1. The summed E-state index contributed by atoms with van der Waals surface area (Å²) < 4.78 is 13.2. The fraction of sp³-hybridized carbons (Fsp3) is 0.385. The van der Waals surface area contributed by atoms with Crippen molar-refractivity contribution in [2.75, 3.05) is 18.1 Å². The van der Waals surface area contributed by atoms with Gasteiger partial charge in [0, 0.05) is 18.8 Å². The molecule has 1 aromatic rings. The molecule has 0 bridgehead atoms. The van der Waals surface area contributed by atoms with Crippen LogP contribution in [0.25, 0.3) is 0 Å². The van der Waals surface area contributed by atoms with Crippen molar-refractivity contribution in [2.24, 2.45) is 0 Å². The average Bonchev–Trinajstić information content (AvgIpc) is 2.28. The summed E-state index contributed by atoms with van der Waals surface area (Å²) in [5.41, 5.74) is 1.67. The van der Waals surface area contributed by atoms with E-state index in [1.807, 2.05) is 6.07 Å². The Labute approximate surface area is 101 Å². The van der Waals surface area contributed by atoms with E-state index in [0.29, 0.717) is 12.1 Å². The van der Waals surface area contributed by atoms with Gasteiger partial charge in [-0.1, -0.05) is 18.1 Å². The van der Waals surface area contributed by atoms with Crippen LogP contribution in [0.5, 0.6) is 0 Å². The first-order valence-electron chi connectivity index (χ1n) is 5.21. The van der Waals surface area contributed by atoms with Crippen molar-refractivity contribution in [2.45, 2.75) is 13.5 Å². The second-order valence-electron chi connectivity index (χ2n) is 3.52. The molecule has 0 radical (unpaired) electrons. The fourth-order valence-electron chi connectivity index (χ4n) is 1.25. The summed E-state index contributed by atoms with van der Waals surface area (Å²) in [6.07, 6.45) is 5.13. The highest BCUT2D eigenvalue weighted by Gasteiger charge is 1.98. The van der Waals surface area contributed by atoms with Crippen molar-refractivity contribution in [1.29, 1.82) is 0 Å². The van der Waals surface area contributed by atoms with Crippen LogP contribution in [0.2, 0.25) is 0 Å². The Kier molecular flexibility index (Phi) is 5.99. The topological polar surface area (TPSA) is 12.0 Å². The van der Waals surface area contributed by atoms with E-state index in [2.05, 4.69) is 11.2 Å². The number of nitrogens with one attached hydrogen (secondary N) is 1. The Morgan fingerprint density at radius 2 is 2.31 bits per heavy atom. The van der Waals surface area contributed by atoms with Crippen LogP contribution < -0.4 is 5.32 Å². The van der Waals surface area contributed by atoms with Crippen molar-refractivity contribution >= 4 is 11.8 Å². The van der Waals surface area contributed by atoms with Gasteiger partial charge in [-0.05, 0) is 24.1 Å². The van der Waals surface area contributed by atoms with E-state index < -0.39 is 0 Å². The molecule has 0 saturated carbocycles. The summed E-state index contributed by atoms with van der Waals surface area (Å²) in [5.74, 6) is 4.17. The number of terminal acetylenes is 1. The number of halogens is 1. The maximum absolute atomic E-state index is 13.2. The Hall–Kier alpha value is -0.980. The lowest BCUT2D eigenvalue weighted by molar-refractivity contribution is 0.613. The molecule has 0 unspecified atom stereocenters. The Bertz CT molecular complexity index is 371. The van der Waals surface area contributed by atoms with Crippen LogP contribution in [0.1, 0.15) is 11.1 Å². The Morgan fingerprint density at radius 3 is 3.00 bits per heavy atom. The second kappa shape index (κ2) is 7.32. The van der Waals surface area contributed by atoms with Gasteiger partial charge in [0.2, 0.25) is 0 Å². The van der Waals surface area contributed by atoms with Crippen LogP contribution in [-0.4, -0.2) is 18.1 Å². The molecule has 1 nitrogen and oxygen atoms in total. The minimum absolute atomic E-state index is 0.138. The predicted molar refractivity (Wildman–Crippen MR) is 69.0 cm³/mol. The van der Waals surface area contributed by atoms with Gasteiger partial charge in [-0.3, -0.25) is 0 Å². The van der Waals surface area contributed by atoms with E-state index in [9.17, 15) is 4.39 Å². The standard InChI is InChI=1S/C13H16FNS/c1-3-7-16-8-6-15-10-12-5-4-11(2)13(14)9-12/h1,4-5,9,15H,6-8,10H2,2H3. The summed E-state index contributed by atoms with van der Waals surface area (Å²) in [5, 5.41) is 3.25. The molecular formula is C13H16FNS. The van der Waals surface area contributed by atoms with E-state index in [0.717, 1.165) is 23.6 Å². The molecule has 86 valence electrons. The van der Waals surface area contributed by atoms with Crippen LogP contribution in [-0.2, 0) is 6.54 Å². The van der Waals surface area contributed by atoms with Gasteiger partial charge < -0.3 is 5.32 Å². The molecule has 16 heavy (non-hydrogen) atoms. The molecule has 1 N–H and O–H groups in total. The zero-order chi connectivity index (χ0) is 11.8. The molecule has 1 rings (SSSR count). The molecule has 0 aliphatic rings. The minimum atomic E-state index is -0.138. The SMILES string of the molecule is C#CCSCCNCc1ccc(C)c(F)c1. The van der Waals surface area contributed by atoms with E-state index in [4.69, 9.17) is 6.42 Å². The molecule has 3 heteroatoms. The second-order valence-corrected chi connectivity index (χ2v) is 4.62. The number of benzene rings is 1. The van der Waals surface area contributed by atoms with Crippen LogP contribution in [0.15, 0.2) is 18.2 Å².